The minimum Gasteiger partial charge on any atom is -0.369 e. The molecular formula is C14H19NO2. The van der Waals surface area contributed by atoms with Crippen molar-refractivity contribution in [2.75, 3.05) is 0 Å². The molecule has 1 heterocycles. The van der Waals surface area contributed by atoms with Crippen LogP contribution in [0.25, 0.3) is 0 Å². The van der Waals surface area contributed by atoms with E-state index in [1.54, 1.807) is 4.90 Å². The summed E-state index contributed by atoms with van der Waals surface area (Å²) < 4.78 is 0. The number of nitrogens with zero attached hydrogens (tertiary/aromatic N) is 1. The van der Waals surface area contributed by atoms with Crippen LogP contribution >= 0.6 is 0 Å². The summed E-state index contributed by atoms with van der Waals surface area (Å²) in [5.74, 6) is -0.0718. The number of aryl methyl sites for hydroxylation is 2. The number of rotatable bonds is 0. The zero-order valence-electron chi connectivity index (χ0n) is 11.0. The van der Waals surface area contributed by atoms with Crippen LogP contribution in [-0.2, 0) is 0 Å². The smallest absolute Gasteiger partial charge is 0.257 e. The molecule has 1 unspecified atom stereocenters. The summed E-state index contributed by atoms with van der Waals surface area (Å²) in [7, 11) is 0. The molecule has 0 saturated carbocycles. The molecule has 1 atom stereocenters. The highest BCUT2D eigenvalue weighted by Gasteiger charge is 2.42. The first-order chi connectivity index (χ1) is 7.73. The summed E-state index contributed by atoms with van der Waals surface area (Å²) in [5, 5.41) is 10.3. The van der Waals surface area contributed by atoms with Crippen LogP contribution in [0.2, 0.25) is 0 Å². The molecule has 3 heteroatoms. The lowest BCUT2D eigenvalue weighted by molar-refractivity contribution is -0.0228. The van der Waals surface area contributed by atoms with Gasteiger partial charge in [0.1, 0.15) is 0 Å². The molecule has 92 valence electrons. The molecule has 1 aliphatic heterocycles. The fraction of sp³-hybridized carbons (Fsp3) is 0.500. The van der Waals surface area contributed by atoms with Gasteiger partial charge >= 0.3 is 0 Å². The molecule has 0 fully saturated rings. The van der Waals surface area contributed by atoms with Gasteiger partial charge in [-0.15, -0.1) is 0 Å². The lowest BCUT2D eigenvalue weighted by atomic mass is 10.0. The summed E-state index contributed by atoms with van der Waals surface area (Å²) in [4.78, 5) is 13.9. The number of aliphatic hydroxyl groups is 1. The van der Waals surface area contributed by atoms with E-state index in [2.05, 4.69) is 0 Å². The fourth-order valence-corrected chi connectivity index (χ4v) is 2.54. The van der Waals surface area contributed by atoms with Crippen molar-refractivity contribution in [3.63, 3.8) is 0 Å². The molecule has 1 amide bonds. The third-order valence-corrected chi connectivity index (χ3v) is 3.19. The Morgan fingerprint density at radius 1 is 1.24 bits per heavy atom. The molecule has 2 rings (SSSR count). The number of carbonyl (C=O) groups is 1. The van der Waals surface area contributed by atoms with Crippen LogP contribution in [0.5, 0.6) is 0 Å². The van der Waals surface area contributed by atoms with Gasteiger partial charge in [0.15, 0.2) is 6.23 Å². The van der Waals surface area contributed by atoms with E-state index >= 15 is 0 Å². The van der Waals surface area contributed by atoms with Gasteiger partial charge in [0.05, 0.1) is 5.56 Å². The van der Waals surface area contributed by atoms with Gasteiger partial charge < -0.3 is 10.0 Å². The minimum atomic E-state index is -0.823. The molecule has 0 aliphatic carbocycles. The van der Waals surface area contributed by atoms with Gasteiger partial charge in [0, 0.05) is 11.1 Å². The van der Waals surface area contributed by atoms with Gasteiger partial charge in [-0.1, -0.05) is 17.7 Å². The van der Waals surface area contributed by atoms with Crippen molar-refractivity contribution in [1.82, 2.24) is 4.90 Å². The van der Waals surface area contributed by atoms with E-state index in [0.717, 1.165) is 16.7 Å². The molecule has 1 aromatic carbocycles. The number of carbonyl (C=O) groups excluding carboxylic acids is 1. The Hall–Kier alpha value is -1.35. The highest BCUT2D eigenvalue weighted by Crippen LogP contribution is 2.38. The van der Waals surface area contributed by atoms with Gasteiger partial charge in [-0.25, -0.2) is 0 Å². The molecule has 3 nitrogen and oxygen atoms in total. The SMILES string of the molecule is Cc1cc(C)c2c(c1)C(O)N(C(C)(C)C)C2=O. The number of hydrogen-bond acceptors (Lipinski definition) is 2. The summed E-state index contributed by atoms with van der Waals surface area (Å²) in [6.45, 7) is 9.69. The third kappa shape index (κ3) is 1.75. The first-order valence-corrected chi connectivity index (χ1v) is 5.86. The highest BCUT2D eigenvalue weighted by atomic mass is 16.3. The van der Waals surface area contributed by atoms with Crippen molar-refractivity contribution in [1.29, 1.82) is 0 Å². The average molecular weight is 233 g/mol. The van der Waals surface area contributed by atoms with Gasteiger partial charge in [0.2, 0.25) is 0 Å². The van der Waals surface area contributed by atoms with Gasteiger partial charge in [-0.2, -0.15) is 0 Å². The second-order valence-electron chi connectivity index (χ2n) is 5.77. The molecule has 0 spiro atoms. The van der Waals surface area contributed by atoms with Crippen LogP contribution in [0, 0.1) is 13.8 Å². The Bertz CT molecular complexity index is 486. The van der Waals surface area contributed by atoms with Crippen molar-refractivity contribution in [2.45, 2.75) is 46.4 Å². The second-order valence-corrected chi connectivity index (χ2v) is 5.77. The Kier molecular flexibility index (Phi) is 2.54. The molecule has 1 N–H and O–H groups in total. The highest BCUT2D eigenvalue weighted by molar-refractivity contribution is 6.00. The first-order valence-electron chi connectivity index (χ1n) is 5.86. The Morgan fingerprint density at radius 3 is 2.35 bits per heavy atom. The fourth-order valence-electron chi connectivity index (χ4n) is 2.54. The quantitative estimate of drug-likeness (QED) is 0.748. The van der Waals surface area contributed by atoms with E-state index in [-0.39, 0.29) is 11.4 Å². The predicted molar refractivity (Wildman–Crippen MR) is 66.8 cm³/mol. The van der Waals surface area contributed by atoms with E-state index in [4.69, 9.17) is 0 Å². The van der Waals surface area contributed by atoms with E-state index in [0.29, 0.717) is 5.56 Å². The average Bonchev–Trinajstić information content (AvgIpc) is 2.37. The van der Waals surface area contributed by atoms with Crippen LogP contribution in [0.1, 0.15) is 54.0 Å². The molecule has 1 aromatic rings. The van der Waals surface area contributed by atoms with Crippen LogP contribution in [0.4, 0.5) is 0 Å². The number of amides is 1. The van der Waals surface area contributed by atoms with Crippen LogP contribution in [0.15, 0.2) is 12.1 Å². The van der Waals surface area contributed by atoms with Crippen molar-refractivity contribution in [2.24, 2.45) is 0 Å². The number of aliphatic hydroxyl groups excluding tert-OH is 1. The Labute approximate surface area is 102 Å². The van der Waals surface area contributed by atoms with Crippen LogP contribution < -0.4 is 0 Å². The summed E-state index contributed by atoms with van der Waals surface area (Å²) in [6, 6.07) is 3.88. The zero-order chi connectivity index (χ0) is 13.0. The lowest BCUT2D eigenvalue weighted by Crippen LogP contribution is -2.43. The van der Waals surface area contributed by atoms with Gasteiger partial charge in [-0.05, 0) is 40.2 Å². The molecule has 1 aliphatic rings. The topological polar surface area (TPSA) is 40.5 Å². The molecule has 0 bridgehead atoms. The van der Waals surface area contributed by atoms with Crippen molar-refractivity contribution >= 4 is 5.91 Å². The van der Waals surface area contributed by atoms with Gasteiger partial charge in [0.25, 0.3) is 5.91 Å². The molecular weight excluding hydrogens is 214 g/mol. The number of benzene rings is 1. The summed E-state index contributed by atoms with van der Waals surface area (Å²) in [6.07, 6.45) is -0.823. The first kappa shape index (κ1) is 12.1. The number of fused-ring (bicyclic) bond motifs is 1. The van der Waals surface area contributed by atoms with E-state index < -0.39 is 6.23 Å². The molecule has 0 saturated heterocycles. The number of hydrogen-bond donors (Lipinski definition) is 1. The normalized spacial score (nSPS) is 19.8. The standard InChI is InChI=1S/C14H19NO2/c1-8-6-9(2)11-10(7-8)12(16)15(13(11)17)14(3,4)5/h6-7,12,16H,1-5H3. The monoisotopic (exact) mass is 233 g/mol. The second kappa shape index (κ2) is 3.57. The predicted octanol–water partition coefficient (Wildman–Crippen LogP) is 2.55. The Balaban J connectivity index is 2.61. The zero-order valence-corrected chi connectivity index (χ0v) is 11.0. The molecule has 17 heavy (non-hydrogen) atoms. The summed E-state index contributed by atoms with van der Waals surface area (Å²) in [5.41, 5.74) is 3.04. The van der Waals surface area contributed by atoms with Crippen LogP contribution in [0.3, 0.4) is 0 Å². The largest absolute Gasteiger partial charge is 0.369 e. The molecule has 0 radical (unpaired) electrons. The maximum absolute atomic E-state index is 12.4. The molecule has 0 aromatic heterocycles. The van der Waals surface area contributed by atoms with Crippen LogP contribution in [-0.4, -0.2) is 21.5 Å². The summed E-state index contributed by atoms with van der Waals surface area (Å²) >= 11 is 0. The van der Waals surface area contributed by atoms with E-state index in [9.17, 15) is 9.90 Å². The van der Waals surface area contributed by atoms with Gasteiger partial charge in [-0.3, -0.25) is 4.79 Å². The maximum atomic E-state index is 12.4. The third-order valence-electron chi connectivity index (χ3n) is 3.19. The van der Waals surface area contributed by atoms with E-state index in [1.165, 1.54) is 0 Å². The lowest BCUT2D eigenvalue weighted by Gasteiger charge is -2.34. The Morgan fingerprint density at radius 2 is 1.82 bits per heavy atom. The van der Waals surface area contributed by atoms with Crippen molar-refractivity contribution < 1.29 is 9.90 Å². The van der Waals surface area contributed by atoms with Crippen molar-refractivity contribution in [3.8, 4) is 0 Å². The van der Waals surface area contributed by atoms with E-state index in [1.807, 2.05) is 46.8 Å². The maximum Gasteiger partial charge on any atom is 0.257 e. The van der Waals surface area contributed by atoms with Crippen molar-refractivity contribution in [3.05, 3.63) is 34.4 Å². The minimum absolute atomic E-state index is 0.0718.